The van der Waals surface area contributed by atoms with E-state index in [-0.39, 0.29) is 24.2 Å². The van der Waals surface area contributed by atoms with Gasteiger partial charge in [-0.1, -0.05) is 37.6 Å². The van der Waals surface area contributed by atoms with Gasteiger partial charge in [0.25, 0.3) is 0 Å². The molecule has 3 rings (SSSR count). The van der Waals surface area contributed by atoms with Gasteiger partial charge in [-0.25, -0.2) is 8.42 Å². The largest absolute Gasteiger partial charge is 0.486 e. The topological polar surface area (TPSA) is 105 Å². The van der Waals surface area contributed by atoms with Crippen LogP contribution in [-0.4, -0.2) is 63.2 Å². The summed E-state index contributed by atoms with van der Waals surface area (Å²) >= 11 is 6.02. The van der Waals surface area contributed by atoms with Crippen molar-refractivity contribution in [2.24, 2.45) is 0 Å². The molecule has 0 radical (unpaired) electrons. The third-order valence-corrected chi connectivity index (χ3v) is 7.54. The smallest absolute Gasteiger partial charge is 0.244 e. The minimum absolute atomic E-state index is 0.0701. The Morgan fingerprint density at radius 2 is 1.68 bits per heavy atom. The van der Waals surface area contributed by atoms with Gasteiger partial charge in [-0.15, -0.1) is 0 Å². The average molecular weight is 552 g/mol. The molecule has 2 amide bonds. The van der Waals surface area contributed by atoms with E-state index in [9.17, 15) is 18.0 Å². The van der Waals surface area contributed by atoms with Crippen molar-refractivity contribution in [1.82, 2.24) is 10.2 Å². The predicted octanol–water partition coefficient (Wildman–Crippen LogP) is 3.60. The molecule has 0 aliphatic carbocycles. The standard InChI is InChI=1S/C26H34ClN3O6S/c1-5-18(3)28-26(32)22(6-2)29(16-19-7-9-20(27)10-8-19)25(31)17-30(37(4,33)34)21-11-12-23-24(15-21)36-14-13-35-23/h7-12,15,18,22H,5-6,13-14,16-17H2,1-4H3,(H,28,32)/t18-,22+/m1/s1. The third kappa shape index (κ3) is 7.52. The first kappa shape index (κ1) is 28.6. The molecule has 1 N–H and O–H groups in total. The minimum atomic E-state index is -3.86. The molecule has 0 saturated heterocycles. The highest BCUT2D eigenvalue weighted by molar-refractivity contribution is 7.92. The maximum Gasteiger partial charge on any atom is 0.244 e. The van der Waals surface area contributed by atoms with Crippen LogP contribution in [0.15, 0.2) is 42.5 Å². The molecule has 2 atom stereocenters. The highest BCUT2D eigenvalue weighted by atomic mass is 35.5. The molecule has 0 fully saturated rings. The molecular formula is C26H34ClN3O6S. The summed E-state index contributed by atoms with van der Waals surface area (Å²) in [7, 11) is -3.86. The van der Waals surface area contributed by atoms with Gasteiger partial charge < -0.3 is 19.7 Å². The number of carbonyl (C=O) groups excluding carboxylic acids is 2. The molecule has 0 aromatic heterocycles. The van der Waals surface area contributed by atoms with Crippen LogP contribution in [0.5, 0.6) is 11.5 Å². The van der Waals surface area contributed by atoms with Gasteiger partial charge in [0.05, 0.1) is 11.9 Å². The molecular weight excluding hydrogens is 518 g/mol. The average Bonchev–Trinajstić information content (AvgIpc) is 2.87. The zero-order valence-corrected chi connectivity index (χ0v) is 23.1. The highest BCUT2D eigenvalue weighted by Gasteiger charge is 2.32. The first-order chi connectivity index (χ1) is 17.5. The molecule has 37 heavy (non-hydrogen) atoms. The summed E-state index contributed by atoms with van der Waals surface area (Å²) in [5.41, 5.74) is 1.03. The second kappa shape index (κ2) is 12.5. The van der Waals surface area contributed by atoms with E-state index in [0.717, 1.165) is 22.5 Å². The fourth-order valence-corrected chi connectivity index (χ4v) is 4.92. The summed E-state index contributed by atoms with van der Waals surface area (Å²) in [6.45, 7) is 6.03. The summed E-state index contributed by atoms with van der Waals surface area (Å²) in [5.74, 6) is 0.111. The van der Waals surface area contributed by atoms with Crippen LogP contribution in [0.4, 0.5) is 5.69 Å². The molecule has 2 aromatic rings. The number of nitrogens with zero attached hydrogens (tertiary/aromatic N) is 2. The molecule has 1 aliphatic rings. The number of ether oxygens (including phenoxy) is 2. The van der Waals surface area contributed by atoms with E-state index >= 15 is 0 Å². The van der Waals surface area contributed by atoms with Crippen molar-refractivity contribution < 1.29 is 27.5 Å². The number of hydrogen-bond acceptors (Lipinski definition) is 6. The minimum Gasteiger partial charge on any atom is -0.486 e. The molecule has 9 nitrogen and oxygen atoms in total. The van der Waals surface area contributed by atoms with Crippen LogP contribution < -0.4 is 19.1 Å². The lowest BCUT2D eigenvalue weighted by atomic mass is 10.1. The van der Waals surface area contributed by atoms with Gasteiger partial charge in [0.1, 0.15) is 25.8 Å². The zero-order valence-electron chi connectivity index (χ0n) is 21.6. The van der Waals surface area contributed by atoms with Crippen molar-refractivity contribution >= 4 is 39.1 Å². The van der Waals surface area contributed by atoms with Gasteiger partial charge in [0.15, 0.2) is 11.5 Å². The molecule has 202 valence electrons. The van der Waals surface area contributed by atoms with Gasteiger partial charge in [-0.2, -0.15) is 0 Å². The second-order valence-corrected chi connectivity index (χ2v) is 11.3. The van der Waals surface area contributed by atoms with Crippen molar-refractivity contribution in [1.29, 1.82) is 0 Å². The van der Waals surface area contributed by atoms with Gasteiger partial charge >= 0.3 is 0 Å². The molecule has 0 saturated carbocycles. The number of fused-ring (bicyclic) bond motifs is 1. The number of hydrogen-bond donors (Lipinski definition) is 1. The highest BCUT2D eigenvalue weighted by Crippen LogP contribution is 2.34. The van der Waals surface area contributed by atoms with Gasteiger partial charge in [-0.3, -0.25) is 13.9 Å². The molecule has 2 aromatic carbocycles. The first-order valence-electron chi connectivity index (χ1n) is 12.2. The van der Waals surface area contributed by atoms with E-state index in [1.807, 2.05) is 20.8 Å². The monoisotopic (exact) mass is 551 g/mol. The zero-order chi connectivity index (χ0) is 27.2. The predicted molar refractivity (Wildman–Crippen MR) is 144 cm³/mol. The number of amides is 2. The number of sulfonamides is 1. The first-order valence-corrected chi connectivity index (χ1v) is 14.5. The van der Waals surface area contributed by atoms with Gasteiger partial charge in [-0.05, 0) is 49.6 Å². The lowest BCUT2D eigenvalue weighted by Gasteiger charge is -2.33. The Kier molecular flexibility index (Phi) is 9.67. The molecule has 1 heterocycles. The van der Waals surface area contributed by atoms with Crippen LogP contribution >= 0.6 is 11.6 Å². The Hall–Kier alpha value is -2.98. The molecule has 0 spiro atoms. The Balaban J connectivity index is 1.94. The summed E-state index contributed by atoms with van der Waals surface area (Å²) in [4.78, 5) is 28.3. The van der Waals surface area contributed by atoms with Gasteiger partial charge in [0, 0.05) is 23.7 Å². The Bertz CT molecular complexity index is 1210. The van der Waals surface area contributed by atoms with E-state index < -0.39 is 28.5 Å². The van der Waals surface area contributed by atoms with Gasteiger partial charge in [0.2, 0.25) is 21.8 Å². The number of halogens is 1. The fourth-order valence-electron chi connectivity index (χ4n) is 3.95. The van der Waals surface area contributed by atoms with E-state index in [0.29, 0.717) is 36.2 Å². The van der Waals surface area contributed by atoms with Crippen LogP contribution in [-0.2, 0) is 26.2 Å². The van der Waals surface area contributed by atoms with Crippen LogP contribution in [0.1, 0.15) is 39.2 Å². The van der Waals surface area contributed by atoms with Crippen LogP contribution in [0.25, 0.3) is 0 Å². The maximum absolute atomic E-state index is 13.8. The van der Waals surface area contributed by atoms with E-state index in [4.69, 9.17) is 21.1 Å². The number of carbonyl (C=O) groups is 2. The van der Waals surface area contributed by atoms with Crippen molar-refractivity contribution in [2.75, 3.05) is 30.3 Å². The number of anilines is 1. The Morgan fingerprint density at radius 1 is 1.03 bits per heavy atom. The fraction of sp³-hybridized carbons (Fsp3) is 0.462. The lowest BCUT2D eigenvalue weighted by molar-refractivity contribution is -0.140. The normalized spacial score (nSPS) is 14.4. The van der Waals surface area contributed by atoms with Crippen molar-refractivity contribution in [3.8, 4) is 11.5 Å². The van der Waals surface area contributed by atoms with Crippen LogP contribution in [0.3, 0.4) is 0 Å². The van der Waals surface area contributed by atoms with Crippen LogP contribution in [0.2, 0.25) is 5.02 Å². The quantitative estimate of drug-likeness (QED) is 0.457. The Labute approximate surface area is 223 Å². The molecule has 11 heteroatoms. The van der Waals surface area contributed by atoms with Crippen LogP contribution in [0, 0.1) is 0 Å². The molecule has 1 aliphatic heterocycles. The SMILES string of the molecule is CC[C@@H](C)NC(=O)[C@H](CC)N(Cc1ccc(Cl)cc1)C(=O)CN(c1ccc2c(c1)OCCO2)S(C)(=O)=O. The van der Waals surface area contributed by atoms with E-state index in [1.54, 1.807) is 42.5 Å². The molecule has 0 bridgehead atoms. The van der Waals surface area contributed by atoms with Crippen molar-refractivity contribution in [3.05, 3.63) is 53.1 Å². The summed E-state index contributed by atoms with van der Waals surface area (Å²) < 4.78 is 37.7. The Morgan fingerprint density at radius 3 is 2.27 bits per heavy atom. The lowest BCUT2D eigenvalue weighted by Crippen LogP contribution is -2.53. The number of benzene rings is 2. The van der Waals surface area contributed by atoms with Crippen molar-refractivity contribution in [2.45, 2.75) is 52.2 Å². The molecule has 0 unspecified atom stereocenters. The summed E-state index contributed by atoms with van der Waals surface area (Å²) in [6.07, 6.45) is 2.12. The number of rotatable bonds is 11. The summed E-state index contributed by atoms with van der Waals surface area (Å²) in [6, 6.07) is 10.8. The maximum atomic E-state index is 13.8. The van der Waals surface area contributed by atoms with E-state index in [1.165, 1.54) is 4.90 Å². The van der Waals surface area contributed by atoms with Crippen molar-refractivity contribution in [3.63, 3.8) is 0 Å². The second-order valence-electron chi connectivity index (χ2n) is 8.99. The number of nitrogens with one attached hydrogen (secondary N) is 1. The summed E-state index contributed by atoms with van der Waals surface area (Å²) in [5, 5.41) is 3.49. The third-order valence-electron chi connectivity index (χ3n) is 6.15. The van der Waals surface area contributed by atoms with E-state index in [2.05, 4.69) is 5.32 Å².